The molecule has 1 aromatic carbocycles. The molecule has 0 saturated carbocycles. The van der Waals surface area contributed by atoms with Crippen LogP contribution in [0.5, 0.6) is 0 Å². The lowest BCUT2D eigenvalue weighted by atomic mass is 10.1. The zero-order valence-electron chi connectivity index (χ0n) is 13.5. The predicted octanol–water partition coefficient (Wildman–Crippen LogP) is 3.10. The molecule has 2 heterocycles. The van der Waals surface area contributed by atoms with E-state index in [0.29, 0.717) is 34.7 Å². The van der Waals surface area contributed by atoms with Crippen LogP contribution in [0.15, 0.2) is 70.7 Å². The highest BCUT2D eigenvalue weighted by molar-refractivity contribution is 5.81. The summed E-state index contributed by atoms with van der Waals surface area (Å²) in [6.07, 6.45) is 12.0. The highest BCUT2D eigenvalue weighted by atomic mass is 16.5. The lowest BCUT2D eigenvalue weighted by molar-refractivity contribution is -0.825. The Morgan fingerprint density at radius 1 is 1.20 bits per heavy atom. The molecule has 6 heteroatoms. The Bertz CT molecular complexity index is 1010. The highest BCUT2D eigenvalue weighted by Gasteiger charge is 2.17. The summed E-state index contributed by atoms with van der Waals surface area (Å²) in [5.74, 6) is 1.65. The summed E-state index contributed by atoms with van der Waals surface area (Å²) in [5.41, 5.74) is 3.90. The van der Waals surface area contributed by atoms with Crippen molar-refractivity contribution in [3.63, 3.8) is 0 Å². The molecule has 4 rings (SSSR count). The first-order valence-electron chi connectivity index (χ1n) is 8.05. The molecule has 0 unspecified atom stereocenters. The maximum atomic E-state index is 10.4. The molecule has 3 aromatic rings. The Labute approximate surface area is 143 Å². The molecule has 1 aliphatic rings. The molecule has 0 aliphatic heterocycles. The van der Waals surface area contributed by atoms with Gasteiger partial charge in [-0.15, -0.1) is 0 Å². The summed E-state index contributed by atoms with van der Waals surface area (Å²) in [6, 6.07) is 8.83. The Balaban J connectivity index is 1.64. The lowest BCUT2D eigenvalue weighted by Crippen LogP contribution is -2.73. The van der Waals surface area contributed by atoms with Crippen LogP contribution in [0.1, 0.15) is 12.2 Å². The van der Waals surface area contributed by atoms with Crippen LogP contribution in [0.25, 0.3) is 22.6 Å². The van der Waals surface area contributed by atoms with Gasteiger partial charge in [0.15, 0.2) is 11.4 Å². The van der Waals surface area contributed by atoms with Gasteiger partial charge in [-0.05, 0) is 30.2 Å². The molecule has 0 bridgehead atoms. The van der Waals surface area contributed by atoms with Crippen molar-refractivity contribution in [3.05, 3.63) is 72.0 Å². The van der Waals surface area contributed by atoms with Crippen LogP contribution in [0.2, 0.25) is 0 Å². The Morgan fingerprint density at radius 3 is 3.00 bits per heavy atom. The van der Waals surface area contributed by atoms with E-state index in [-0.39, 0.29) is 0 Å². The molecule has 2 aromatic heterocycles. The number of nitrogens with two attached hydrogens (primary N) is 1. The summed E-state index contributed by atoms with van der Waals surface area (Å²) in [5, 5.41) is 19.5. The first kappa shape index (κ1) is 15.4. The van der Waals surface area contributed by atoms with E-state index in [9.17, 15) is 5.21 Å². The van der Waals surface area contributed by atoms with Gasteiger partial charge in [0.25, 0.3) is 0 Å². The van der Waals surface area contributed by atoms with E-state index in [1.54, 1.807) is 18.2 Å². The van der Waals surface area contributed by atoms with E-state index in [0.717, 1.165) is 22.4 Å². The number of hydrogen-bond acceptors (Lipinski definition) is 4. The van der Waals surface area contributed by atoms with Gasteiger partial charge in [0.1, 0.15) is 11.3 Å². The van der Waals surface area contributed by atoms with Gasteiger partial charge in [-0.1, -0.05) is 30.4 Å². The minimum absolute atomic E-state index is 0.336. The van der Waals surface area contributed by atoms with Crippen LogP contribution in [-0.2, 0) is 6.42 Å². The van der Waals surface area contributed by atoms with E-state index in [2.05, 4.69) is 23.2 Å². The summed E-state index contributed by atoms with van der Waals surface area (Å²) in [7, 11) is 0. The van der Waals surface area contributed by atoms with E-state index < -0.39 is 0 Å². The third kappa shape index (κ3) is 3.00. The second-order valence-electron chi connectivity index (χ2n) is 5.87. The fourth-order valence-corrected chi connectivity index (χ4v) is 2.87. The molecular formula is C19H18N3O3+. The van der Waals surface area contributed by atoms with Crippen LogP contribution in [-0.4, -0.2) is 20.1 Å². The van der Waals surface area contributed by atoms with Crippen molar-refractivity contribution in [1.29, 1.82) is 0 Å². The number of fused-ring (bicyclic) bond motifs is 1. The minimum Gasteiger partial charge on any atom is -0.457 e. The molecule has 0 amide bonds. The van der Waals surface area contributed by atoms with Crippen LogP contribution >= 0.6 is 0 Å². The molecule has 25 heavy (non-hydrogen) atoms. The summed E-state index contributed by atoms with van der Waals surface area (Å²) in [4.78, 5) is 4.42. The molecular weight excluding hydrogens is 318 g/mol. The SMILES string of the molecule is O[NH2+]c1ccc2nc(-c3ccc(CC4=CCC=CC=C4)o3)n(O)c2c1. The number of furan rings is 1. The molecule has 0 fully saturated rings. The first-order chi connectivity index (χ1) is 12.2. The number of rotatable bonds is 4. The van der Waals surface area contributed by atoms with Crippen molar-refractivity contribution in [2.24, 2.45) is 0 Å². The van der Waals surface area contributed by atoms with E-state index in [1.165, 1.54) is 5.57 Å². The van der Waals surface area contributed by atoms with Crippen molar-refractivity contribution in [2.75, 3.05) is 0 Å². The first-order valence-corrected chi connectivity index (χ1v) is 8.05. The standard InChI is InChI=1S/C19H17N3O3/c23-21-14-7-9-16-17(12-14)22(24)19(20-16)18-10-8-15(25-18)11-13-5-3-1-2-4-6-13/h1-3,5-10,12,21,23-24H,4,11H2/p+1. The average molecular weight is 336 g/mol. The smallest absolute Gasteiger partial charge is 0.212 e. The zero-order chi connectivity index (χ0) is 17.2. The Kier molecular flexibility index (Phi) is 3.97. The largest absolute Gasteiger partial charge is 0.457 e. The molecule has 4 N–H and O–H groups in total. The Hall–Kier alpha value is -3.09. The molecule has 0 saturated heterocycles. The molecule has 0 radical (unpaired) electrons. The van der Waals surface area contributed by atoms with Gasteiger partial charge in [-0.3, -0.25) is 0 Å². The molecule has 1 aliphatic carbocycles. The fraction of sp³-hybridized carbons (Fsp3) is 0.105. The second kappa shape index (κ2) is 6.43. The number of nitrogens with zero attached hydrogens (tertiary/aromatic N) is 2. The summed E-state index contributed by atoms with van der Waals surface area (Å²) >= 11 is 0. The maximum absolute atomic E-state index is 10.4. The topological polar surface area (TPSA) is 88.0 Å². The van der Waals surface area contributed by atoms with Gasteiger partial charge in [-0.2, -0.15) is 10.2 Å². The highest BCUT2D eigenvalue weighted by Crippen LogP contribution is 2.27. The van der Waals surface area contributed by atoms with Crippen LogP contribution in [0, 0.1) is 0 Å². The number of allylic oxidation sites excluding steroid dienone is 6. The Morgan fingerprint density at radius 2 is 2.12 bits per heavy atom. The van der Waals surface area contributed by atoms with Crippen molar-refractivity contribution in [2.45, 2.75) is 12.8 Å². The molecule has 126 valence electrons. The number of aromatic nitrogens is 2. The second-order valence-corrected chi connectivity index (χ2v) is 5.87. The van der Waals surface area contributed by atoms with E-state index >= 15 is 0 Å². The molecule has 0 atom stereocenters. The fourth-order valence-electron chi connectivity index (χ4n) is 2.87. The van der Waals surface area contributed by atoms with Gasteiger partial charge >= 0.3 is 0 Å². The van der Waals surface area contributed by atoms with Crippen molar-refractivity contribution in [3.8, 4) is 11.6 Å². The quantitative estimate of drug-likeness (QED) is 0.388. The van der Waals surface area contributed by atoms with Crippen LogP contribution < -0.4 is 5.48 Å². The summed E-state index contributed by atoms with van der Waals surface area (Å²) in [6.45, 7) is 0. The van der Waals surface area contributed by atoms with Gasteiger partial charge in [-0.25, -0.2) is 10.2 Å². The van der Waals surface area contributed by atoms with E-state index in [1.807, 2.05) is 24.3 Å². The van der Waals surface area contributed by atoms with Gasteiger partial charge in [0.2, 0.25) is 5.82 Å². The predicted molar refractivity (Wildman–Crippen MR) is 92.7 cm³/mol. The third-order valence-corrected chi connectivity index (χ3v) is 4.14. The number of imidazole rings is 1. The van der Waals surface area contributed by atoms with Crippen molar-refractivity contribution >= 4 is 16.7 Å². The summed E-state index contributed by atoms with van der Waals surface area (Å²) < 4.78 is 6.87. The van der Waals surface area contributed by atoms with Crippen LogP contribution in [0.4, 0.5) is 5.69 Å². The number of quaternary nitrogens is 1. The van der Waals surface area contributed by atoms with Gasteiger partial charge < -0.3 is 9.62 Å². The maximum Gasteiger partial charge on any atom is 0.212 e. The third-order valence-electron chi connectivity index (χ3n) is 4.14. The normalized spacial score (nSPS) is 14.0. The lowest BCUT2D eigenvalue weighted by Gasteiger charge is -2.00. The van der Waals surface area contributed by atoms with Crippen LogP contribution in [0.3, 0.4) is 0 Å². The van der Waals surface area contributed by atoms with Crippen molar-refractivity contribution < 1.29 is 20.3 Å². The van der Waals surface area contributed by atoms with Crippen molar-refractivity contribution in [1.82, 2.24) is 9.71 Å². The van der Waals surface area contributed by atoms with Gasteiger partial charge in [0, 0.05) is 18.6 Å². The minimum atomic E-state index is 0.336. The van der Waals surface area contributed by atoms with E-state index in [4.69, 9.17) is 9.62 Å². The zero-order valence-corrected chi connectivity index (χ0v) is 13.5. The molecule has 6 nitrogen and oxygen atoms in total. The monoisotopic (exact) mass is 336 g/mol. The molecule has 0 spiro atoms. The van der Waals surface area contributed by atoms with Gasteiger partial charge in [0.05, 0.1) is 5.52 Å². The number of hydrogen-bond donors (Lipinski definition) is 3. The number of benzene rings is 1. The average Bonchev–Trinajstić information content (AvgIpc) is 3.11.